The van der Waals surface area contributed by atoms with Crippen molar-refractivity contribution in [1.29, 1.82) is 0 Å². The second-order valence-corrected chi connectivity index (χ2v) is 10.4. The number of hydrogen-bond donors (Lipinski definition) is 2. The van der Waals surface area contributed by atoms with Gasteiger partial charge in [0, 0.05) is 18.5 Å². The zero-order chi connectivity index (χ0) is 29.2. The van der Waals surface area contributed by atoms with E-state index in [4.69, 9.17) is 19.2 Å². The molecule has 4 aromatic rings. The summed E-state index contributed by atoms with van der Waals surface area (Å²) in [6, 6.07) is 24.7. The van der Waals surface area contributed by atoms with Gasteiger partial charge >= 0.3 is 12.1 Å². The molecule has 7 heteroatoms. The van der Waals surface area contributed by atoms with E-state index in [0.717, 1.165) is 58.5 Å². The quantitative estimate of drug-likeness (QED) is 0.181. The smallest absolute Gasteiger partial charge is 0.407 e. The highest BCUT2D eigenvalue weighted by molar-refractivity contribution is 5.70. The number of carboxylic acid groups (broad SMARTS) is 1. The van der Waals surface area contributed by atoms with Crippen molar-refractivity contribution in [3.63, 3.8) is 0 Å². The van der Waals surface area contributed by atoms with Crippen molar-refractivity contribution in [3.8, 4) is 22.6 Å². The summed E-state index contributed by atoms with van der Waals surface area (Å²) in [6.45, 7) is 5.98. The number of oxazole rings is 1. The van der Waals surface area contributed by atoms with Crippen LogP contribution in [0.1, 0.15) is 54.8 Å². The van der Waals surface area contributed by atoms with Gasteiger partial charge in [0.05, 0.1) is 11.8 Å². The molecule has 0 radical (unpaired) electrons. The highest BCUT2D eigenvalue weighted by Crippen LogP contribution is 2.28. The molecule has 214 valence electrons. The maximum atomic E-state index is 11.9. The molecule has 7 nitrogen and oxygen atoms in total. The topological polar surface area (TPSA) is 102 Å². The molecule has 2 N–H and O–H groups in total. The molecule has 0 unspecified atom stereocenters. The maximum Gasteiger partial charge on any atom is 0.407 e. The van der Waals surface area contributed by atoms with E-state index in [9.17, 15) is 9.59 Å². The summed E-state index contributed by atoms with van der Waals surface area (Å²) in [4.78, 5) is 27.8. The van der Waals surface area contributed by atoms with Gasteiger partial charge in [0.25, 0.3) is 0 Å². The van der Waals surface area contributed by atoms with Crippen LogP contribution in [0, 0.1) is 6.92 Å². The fourth-order valence-corrected chi connectivity index (χ4v) is 4.81. The van der Waals surface area contributed by atoms with E-state index < -0.39 is 12.1 Å². The molecule has 4 rings (SSSR count). The minimum absolute atomic E-state index is 0.0667. The van der Waals surface area contributed by atoms with Crippen LogP contribution in [-0.4, -0.2) is 34.8 Å². The lowest BCUT2D eigenvalue weighted by Crippen LogP contribution is -2.28. The molecule has 0 saturated carbocycles. The monoisotopic (exact) mass is 554 g/mol. The zero-order valence-electron chi connectivity index (χ0n) is 24.0. The van der Waals surface area contributed by atoms with Crippen molar-refractivity contribution in [1.82, 2.24) is 10.3 Å². The fourth-order valence-electron chi connectivity index (χ4n) is 4.81. The van der Waals surface area contributed by atoms with Gasteiger partial charge in [0.15, 0.2) is 0 Å². The molecule has 0 spiro atoms. The SMILES string of the molecule is Cc1oc(-c2cccc(-c3ccccc3)c2)nc1CCCc1ccc(CCC(=O)O)c(CCNC(=O)OC(C)C)c1. The maximum absolute atomic E-state index is 11.9. The number of alkyl carbamates (subject to hydrolysis) is 1. The van der Waals surface area contributed by atoms with Crippen LogP contribution in [0.15, 0.2) is 77.2 Å². The lowest BCUT2D eigenvalue weighted by molar-refractivity contribution is -0.136. The summed E-state index contributed by atoms with van der Waals surface area (Å²) in [5.41, 5.74) is 7.38. The van der Waals surface area contributed by atoms with Gasteiger partial charge in [0.2, 0.25) is 5.89 Å². The van der Waals surface area contributed by atoms with E-state index in [0.29, 0.717) is 25.3 Å². The Kier molecular flexibility index (Phi) is 10.3. The van der Waals surface area contributed by atoms with Gasteiger partial charge in [-0.15, -0.1) is 0 Å². The fraction of sp³-hybridized carbons (Fsp3) is 0.324. The summed E-state index contributed by atoms with van der Waals surface area (Å²) in [6.07, 6.45) is 3.01. The predicted octanol–water partition coefficient (Wildman–Crippen LogP) is 7.19. The van der Waals surface area contributed by atoms with Crippen LogP contribution in [0.5, 0.6) is 0 Å². The lowest BCUT2D eigenvalue weighted by Gasteiger charge is -2.13. The molecular weight excluding hydrogens is 516 g/mol. The Bertz CT molecular complexity index is 1460. The molecule has 1 amide bonds. The van der Waals surface area contributed by atoms with E-state index in [1.54, 1.807) is 13.8 Å². The minimum Gasteiger partial charge on any atom is -0.481 e. The van der Waals surface area contributed by atoms with Gasteiger partial charge in [-0.05, 0) is 92.8 Å². The van der Waals surface area contributed by atoms with Crippen LogP contribution >= 0.6 is 0 Å². The number of carbonyl (C=O) groups excluding carboxylic acids is 1. The van der Waals surface area contributed by atoms with Gasteiger partial charge in [-0.3, -0.25) is 4.79 Å². The average molecular weight is 555 g/mol. The van der Waals surface area contributed by atoms with Gasteiger partial charge in [-0.25, -0.2) is 9.78 Å². The molecule has 0 aliphatic rings. The van der Waals surface area contributed by atoms with Crippen molar-refractivity contribution >= 4 is 12.1 Å². The lowest BCUT2D eigenvalue weighted by atomic mass is 9.95. The second-order valence-electron chi connectivity index (χ2n) is 10.4. The molecule has 0 atom stereocenters. The molecule has 0 aliphatic heterocycles. The summed E-state index contributed by atoms with van der Waals surface area (Å²) in [5.74, 6) is 0.630. The normalized spacial score (nSPS) is 11.0. The Balaban J connectivity index is 1.39. The number of aryl methyl sites for hydroxylation is 4. The number of aromatic nitrogens is 1. The molecule has 0 saturated heterocycles. The molecular formula is C34H38N2O5. The van der Waals surface area contributed by atoms with E-state index in [1.165, 1.54) is 5.56 Å². The Morgan fingerprint density at radius 3 is 2.39 bits per heavy atom. The number of amides is 1. The van der Waals surface area contributed by atoms with Gasteiger partial charge in [0.1, 0.15) is 5.76 Å². The van der Waals surface area contributed by atoms with Crippen molar-refractivity contribution in [2.24, 2.45) is 0 Å². The Labute approximate surface area is 241 Å². The molecule has 0 bridgehead atoms. The highest BCUT2D eigenvalue weighted by atomic mass is 16.6. The van der Waals surface area contributed by atoms with Crippen LogP contribution in [0.3, 0.4) is 0 Å². The van der Waals surface area contributed by atoms with E-state index in [-0.39, 0.29) is 12.5 Å². The average Bonchev–Trinajstić information content (AvgIpc) is 3.33. The van der Waals surface area contributed by atoms with Crippen LogP contribution in [-0.2, 0) is 35.2 Å². The molecule has 0 fully saturated rings. The van der Waals surface area contributed by atoms with Crippen molar-refractivity contribution in [2.45, 2.75) is 65.4 Å². The number of benzene rings is 3. The number of rotatable bonds is 13. The molecule has 1 heterocycles. The number of carbonyl (C=O) groups is 2. The molecule has 41 heavy (non-hydrogen) atoms. The third kappa shape index (κ3) is 8.80. The number of nitrogens with zero attached hydrogens (tertiary/aromatic N) is 1. The number of hydrogen-bond acceptors (Lipinski definition) is 5. The van der Waals surface area contributed by atoms with Crippen LogP contribution in [0.25, 0.3) is 22.6 Å². The first-order valence-electron chi connectivity index (χ1n) is 14.2. The van der Waals surface area contributed by atoms with Gasteiger partial charge in [-0.2, -0.15) is 0 Å². The first-order chi connectivity index (χ1) is 19.8. The van der Waals surface area contributed by atoms with E-state index in [2.05, 4.69) is 41.7 Å². The van der Waals surface area contributed by atoms with Crippen molar-refractivity contribution in [3.05, 3.63) is 101 Å². The largest absolute Gasteiger partial charge is 0.481 e. The minimum atomic E-state index is -0.826. The van der Waals surface area contributed by atoms with E-state index >= 15 is 0 Å². The summed E-state index contributed by atoms with van der Waals surface area (Å²) < 4.78 is 11.2. The Morgan fingerprint density at radius 2 is 1.63 bits per heavy atom. The van der Waals surface area contributed by atoms with E-state index in [1.807, 2.05) is 43.3 Å². The first kappa shape index (κ1) is 29.6. The van der Waals surface area contributed by atoms with Crippen molar-refractivity contribution in [2.75, 3.05) is 6.54 Å². The third-order valence-electron chi connectivity index (χ3n) is 6.87. The first-order valence-corrected chi connectivity index (χ1v) is 14.2. The molecule has 3 aromatic carbocycles. The molecule has 0 aliphatic carbocycles. The zero-order valence-corrected chi connectivity index (χ0v) is 24.0. The number of aliphatic carboxylic acids is 1. The van der Waals surface area contributed by atoms with Crippen LogP contribution < -0.4 is 5.32 Å². The van der Waals surface area contributed by atoms with Gasteiger partial charge in [-0.1, -0.05) is 60.7 Å². The Hall–Kier alpha value is -4.39. The van der Waals surface area contributed by atoms with Crippen molar-refractivity contribution < 1.29 is 23.8 Å². The van der Waals surface area contributed by atoms with Crippen LogP contribution in [0.2, 0.25) is 0 Å². The molecule has 1 aromatic heterocycles. The predicted molar refractivity (Wildman–Crippen MR) is 160 cm³/mol. The van der Waals surface area contributed by atoms with Gasteiger partial charge < -0.3 is 19.6 Å². The summed E-state index contributed by atoms with van der Waals surface area (Å²) >= 11 is 0. The number of carboxylic acids is 1. The summed E-state index contributed by atoms with van der Waals surface area (Å²) in [7, 11) is 0. The Morgan fingerprint density at radius 1 is 0.878 bits per heavy atom. The number of ether oxygens (including phenoxy) is 1. The van der Waals surface area contributed by atoms with Crippen LogP contribution in [0.4, 0.5) is 4.79 Å². The standard InChI is InChI=1S/C34H38N2O5/c1-23(2)40-34(39)35-20-19-29-21-25(15-16-27(29)17-18-32(37)38)9-7-14-31-24(3)41-33(36-31)30-13-8-12-28(22-30)26-10-5-4-6-11-26/h4-6,8,10-13,15-16,21-23H,7,9,14,17-20H2,1-3H3,(H,35,39)(H,37,38). The summed E-state index contributed by atoms with van der Waals surface area (Å²) in [5, 5.41) is 11.9. The second kappa shape index (κ2) is 14.3. The highest BCUT2D eigenvalue weighted by Gasteiger charge is 2.13. The number of nitrogens with one attached hydrogen (secondary N) is 1. The third-order valence-corrected chi connectivity index (χ3v) is 6.87.